The number of carbonyl (C=O) groups is 2. The first-order chi connectivity index (χ1) is 15.2. The summed E-state index contributed by atoms with van der Waals surface area (Å²) in [6.07, 6.45) is -0.119. The standard InChI is InChI=1S/C21H22N4O6S/c1-13-12-32-21(30)24(13)9-8-16(27)31-11-15(26)17-18(22)25(20(29)23(2)19(17)28)10-14-6-4-3-5-7-14/h3-7,12H,8-11,22H2,1-2H3. The summed E-state index contributed by atoms with van der Waals surface area (Å²) in [5.41, 5.74) is 5.55. The van der Waals surface area contributed by atoms with Gasteiger partial charge in [-0.2, -0.15) is 0 Å². The van der Waals surface area contributed by atoms with E-state index in [2.05, 4.69) is 0 Å². The quantitative estimate of drug-likeness (QED) is 0.384. The highest BCUT2D eigenvalue weighted by Gasteiger charge is 2.23. The summed E-state index contributed by atoms with van der Waals surface area (Å²) in [6, 6.07) is 8.95. The first-order valence-corrected chi connectivity index (χ1v) is 10.6. The molecule has 0 radical (unpaired) electrons. The number of thiazole rings is 1. The minimum atomic E-state index is -0.863. The Morgan fingerprint density at radius 1 is 1.09 bits per heavy atom. The molecule has 168 valence electrons. The van der Waals surface area contributed by atoms with Crippen molar-refractivity contribution in [2.24, 2.45) is 7.05 Å². The van der Waals surface area contributed by atoms with Crippen LogP contribution in [0.2, 0.25) is 0 Å². The van der Waals surface area contributed by atoms with Gasteiger partial charge in [0.05, 0.1) is 13.0 Å². The lowest BCUT2D eigenvalue weighted by molar-refractivity contribution is -0.142. The van der Waals surface area contributed by atoms with E-state index in [0.29, 0.717) is 0 Å². The Kier molecular flexibility index (Phi) is 6.89. The van der Waals surface area contributed by atoms with E-state index in [1.54, 1.807) is 36.6 Å². The Balaban J connectivity index is 1.76. The second-order valence-corrected chi connectivity index (χ2v) is 7.93. The molecular weight excluding hydrogens is 436 g/mol. The fourth-order valence-electron chi connectivity index (χ4n) is 3.13. The predicted molar refractivity (Wildman–Crippen MR) is 119 cm³/mol. The molecule has 2 aromatic heterocycles. The number of nitrogens with two attached hydrogens (primary N) is 1. The first-order valence-electron chi connectivity index (χ1n) is 9.67. The molecule has 2 N–H and O–H groups in total. The normalized spacial score (nSPS) is 10.8. The Hall–Kier alpha value is -3.73. The molecular formula is C21H22N4O6S. The molecule has 0 amide bonds. The number of Topliss-reactive ketones (excluding diaryl/α,β-unsaturated/α-hetero) is 1. The summed E-state index contributed by atoms with van der Waals surface area (Å²) in [7, 11) is 1.25. The second-order valence-electron chi connectivity index (χ2n) is 7.11. The zero-order chi connectivity index (χ0) is 23.4. The topological polar surface area (TPSA) is 135 Å². The average molecular weight is 458 g/mol. The summed E-state index contributed by atoms with van der Waals surface area (Å²) >= 11 is 1.03. The molecule has 0 spiro atoms. The van der Waals surface area contributed by atoms with Crippen LogP contribution in [0.4, 0.5) is 5.82 Å². The monoisotopic (exact) mass is 458 g/mol. The number of hydrogen-bond donors (Lipinski definition) is 1. The Bertz CT molecular complexity index is 1330. The Morgan fingerprint density at radius 3 is 2.41 bits per heavy atom. The van der Waals surface area contributed by atoms with E-state index >= 15 is 0 Å². The molecule has 0 atom stereocenters. The number of ether oxygens (including phenoxy) is 1. The van der Waals surface area contributed by atoms with Gasteiger partial charge in [0.1, 0.15) is 11.4 Å². The van der Waals surface area contributed by atoms with E-state index in [1.807, 2.05) is 6.07 Å². The van der Waals surface area contributed by atoms with Gasteiger partial charge in [0, 0.05) is 24.7 Å². The molecule has 0 aliphatic rings. The van der Waals surface area contributed by atoms with Crippen LogP contribution in [0.1, 0.15) is 28.0 Å². The van der Waals surface area contributed by atoms with Crippen LogP contribution in [0.25, 0.3) is 0 Å². The summed E-state index contributed by atoms with van der Waals surface area (Å²) in [4.78, 5) is 61.3. The predicted octanol–water partition coefficient (Wildman–Crippen LogP) is 0.525. The molecule has 0 fully saturated rings. The van der Waals surface area contributed by atoms with Gasteiger partial charge in [-0.3, -0.25) is 28.3 Å². The summed E-state index contributed by atoms with van der Waals surface area (Å²) in [6.45, 7) is 1.22. The molecule has 0 saturated heterocycles. The van der Waals surface area contributed by atoms with E-state index in [1.165, 1.54) is 11.6 Å². The number of esters is 1. The highest BCUT2D eigenvalue weighted by atomic mass is 32.1. The van der Waals surface area contributed by atoms with Crippen molar-refractivity contribution in [2.45, 2.75) is 26.4 Å². The average Bonchev–Trinajstić information content (AvgIpc) is 3.10. The van der Waals surface area contributed by atoms with Crippen molar-refractivity contribution in [3.63, 3.8) is 0 Å². The highest BCUT2D eigenvalue weighted by Crippen LogP contribution is 2.10. The number of aromatic nitrogens is 3. The van der Waals surface area contributed by atoms with Gasteiger partial charge in [-0.05, 0) is 12.5 Å². The molecule has 0 aliphatic carbocycles. The van der Waals surface area contributed by atoms with Crippen molar-refractivity contribution >= 4 is 28.9 Å². The number of ketones is 1. The number of nitrogen functional groups attached to an aromatic ring is 1. The van der Waals surface area contributed by atoms with Crippen LogP contribution in [0.3, 0.4) is 0 Å². The van der Waals surface area contributed by atoms with Crippen LogP contribution in [0, 0.1) is 6.92 Å². The minimum Gasteiger partial charge on any atom is -0.457 e. The Morgan fingerprint density at radius 2 is 1.78 bits per heavy atom. The number of nitrogens with zero attached hydrogens (tertiary/aromatic N) is 3. The lowest BCUT2D eigenvalue weighted by atomic mass is 10.2. The van der Waals surface area contributed by atoms with Crippen LogP contribution in [-0.2, 0) is 29.7 Å². The van der Waals surface area contributed by atoms with Gasteiger partial charge in [0.2, 0.25) is 5.78 Å². The van der Waals surface area contributed by atoms with E-state index in [9.17, 15) is 24.0 Å². The fourth-order valence-corrected chi connectivity index (χ4v) is 3.89. The molecule has 11 heteroatoms. The molecule has 0 bridgehead atoms. The van der Waals surface area contributed by atoms with Gasteiger partial charge in [-0.25, -0.2) is 4.79 Å². The van der Waals surface area contributed by atoms with Gasteiger partial charge in [0.15, 0.2) is 6.61 Å². The highest BCUT2D eigenvalue weighted by molar-refractivity contribution is 7.07. The number of rotatable bonds is 8. The molecule has 2 heterocycles. The minimum absolute atomic E-state index is 0.0639. The van der Waals surface area contributed by atoms with E-state index in [0.717, 1.165) is 31.7 Å². The second kappa shape index (κ2) is 9.60. The van der Waals surface area contributed by atoms with Crippen LogP contribution in [0.5, 0.6) is 0 Å². The number of anilines is 1. The summed E-state index contributed by atoms with van der Waals surface area (Å²) in [5, 5.41) is 1.68. The van der Waals surface area contributed by atoms with Crippen molar-refractivity contribution in [1.29, 1.82) is 0 Å². The molecule has 10 nitrogen and oxygen atoms in total. The van der Waals surface area contributed by atoms with Crippen LogP contribution in [0.15, 0.2) is 50.1 Å². The molecule has 32 heavy (non-hydrogen) atoms. The van der Waals surface area contributed by atoms with Gasteiger partial charge >= 0.3 is 16.5 Å². The van der Waals surface area contributed by atoms with Crippen molar-refractivity contribution in [3.05, 3.63) is 83.0 Å². The zero-order valence-electron chi connectivity index (χ0n) is 17.6. The first kappa shape index (κ1) is 22.9. The van der Waals surface area contributed by atoms with Crippen LogP contribution >= 0.6 is 11.3 Å². The lowest BCUT2D eigenvalue weighted by Crippen LogP contribution is -2.43. The smallest absolute Gasteiger partial charge is 0.332 e. The fraction of sp³-hybridized carbons (Fsp3) is 0.286. The summed E-state index contributed by atoms with van der Waals surface area (Å²) in [5.74, 6) is -1.81. The lowest BCUT2D eigenvalue weighted by Gasteiger charge is -2.14. The van der Waals surface area contributed by atoms with E-state index in [4.69, 9.17) is 10.5 Å². The van der Waals surface area contributed by atoms with Crippen molar-refractivity contribution in [3.8, 4) is 0 Å². The molecule has 1 aromatic carbocycles. The SMILES string of the molecule is Cc1csc(=O)n1CCC(=O)OCC(=O)c1c(N)n(Cc2ccccc2)c(=O)n(C)c1=O. The third-order valence-corrected chi connectivity index (χ3v) is 5.81. The molecule has 0 saturated carbocycles. The van der Waals surface area contributed by atoms with Gasteiger partial charge < -0.3 is 15.0 Å². The van der Waals surface area contributed by atoms with Crippen molar-refractivity contribution in [2.75, 3.05) is 12.3 Å². The van der Waals surface area contributed by atoms with Gasteiger partial charge in [0.25, 0.3) is 5.56 Å². The molecule has 0 aliphatic heterocycles. The van der Waals surface area contributed by atoms with Crippen molar-refractivity contribution in [1.82, 2.24) is 13.7 Å². The zero-order valence-corrected chi connectivity index (χ0v) is 18.4. The van der Waals surface area contributed by atoms with Crippen LogP contribution < -0.4 is 21.9 Å². The third-order valence-electron chi connectivity index (χ3n) is 4.93. The molecule has 3 rings (SSSR count). The Labute approximate surface area is 186 Å². The summed E-state index contributed by atoms with van der Waals surface area (Å²) < 4.78 is 8.33. The maximum absolute atomic E-state index is 12.7. The molecule has 3 aromatic rings. The van der Waals surface area contributed by atoms with Gasteiger partial charge in [-0.1, -0.05) is 41.7 Å². The maximum Gasteiger partial charge on any atom is 0.332 e. The third kappa shape index (κ3) is 4.78. The number of hydrogen-bond acceptors (Lipinski definition) is 8. The van der Waals surface area contributed by atoms with Gasteiger partial charge in [-0.15, -0.1) is 0 Å². The largest absolute Gasteiger partial charge is 0.457 e. The number of aryl methyl sites for hydroxylation is 1. The number of carbonyl (C=O) groups excluding carboxylic acids is 2. The maximum atomic E-state index is 12.7. The molecule has 0 unspecified atom stereocenters. The van der Waals surface area contributed by atoms with E-state index < -0.39 is 35.2 Å². The van der Waals surface area contributed by atoms with Crippen LogP contribution in [-0.4, -0.2) is 32.1 Å². The van der Waals surface area contributed by atoms with E-state index in [-0.39, 0.29) is 30.2 Å². The van der Waals surface area contributed by atoms with Crippen molar-refractivity contribution < 1.29 is 14.3 Å². The number of benzene rings is 1.